The van der Waals surface area contributed by atoms with Crippen LogP contribution in [-0.4, -0.2) is 19.8 Å². The number of fused-ring (bicyclic) bond motifs is 1. The zero-order valence-electron chi connectivity index (χ0n) is 11.7. The maximum absolute atomic E-state index is 6.03. The molecule has 2 atom stereocenters. The van der Waals surface area contributed by atoms with Crippen LogP contribution in [0.4, 0.5) is 0 Å². The van der Waals surface area contributed by atoms with E-state index < -0.39 is 0 Å². The van der Waals surface area contributed by atoms with Crippen molar-refractivity contribution in [2.45, 2.75) is 26.0 Å². The first-order chi connectivity index (χ1) is 9.13. The van der Waals surface area contributed by atoms with Crippen LogP contribution in [0.15, 0.2) is 36.4 Å². The highest BCUT2D eigenvalue weighted by atomic mass is 16.5. The van der Waals surface area contributed by atoms with Gasteiger partial charge in [-0.2, -0.15) is 0 Å². The van der Waals surface area contributed by atoms with Gasteiger partial charge in [-0.05, 0) is 19.2 Å². The zero-order chi connectivity index (χ0) is 13.8. The highest BCUT2D eigenvalue weighted by molar-refractivity contribution is 5.89. The molecule has 19 heavy (non-hydrogen) atoms. The van der Waals surface area contributed by atoms with Crippen LogP contribution in [0.1, 0.15) is 25.5 Å². The Hall–Kier alpha value is -1.58. The normalized spacial score (nSPS) is 14.3. The van der Waals surface area contributed by atoms with Gasteiger partial charge in [0.1, 0.15) is 12.4 Å². The van der Waals surface area contributed by atoms with E-state index in [1.54, 1.807) is 7.11 Å². The second-order valence-corrected chi connectivity index (χ2v) is 4.85. The minimum atomic E-state index is -0.0579. The van der Waals surface area contributed by atoms with Crippen LogP contribution >= 0.6 is 0 Å². The molecule has 3 nitrogen and oxygen atoms in total. The van der Waals surface area contributed by atoms with Crippen molar-refractivity contribution in [1.82, 2.24) is 0 Å². The number of hydrogen-bond donors (Lipinski definition) is 1. The molecule has 0 saturated carbocycles. The van der Waals surface area contributed by atoms with E-state index in [9.17, 15) is 0 Å². The molecule has 0 fully saturated rings. The van der Waals surface area contributed by atoms with Crippen molar-refractivity contribution >= 4 is 10.8 Å². The van der Waals surface area contributed by atoms with Gasteiger partial charge in [0.05, 0.1) is 6.10 Å². The average Bonchev–Trinajstić information content (AvgIpc) is 2.43. The molecule has 0 radical (unpaired) electrons. The summed E-state index contributed by atoms with van der Waals surface area (Å²) in [5, 5.41) is 2.26. The number of methoxy groups -OCH3 is 1. The van der Waals surface area contributed by atoms with E-state index in [1.165, 1.54) is 0 Å². The van der Waals surface area contributed by atoms with E-state index in [1.807, 2.05) is 32.0 Å². The third-order valence-electron chi connectivity index (χ3n) is 3.27. The maximum atomic E-state index is 6.03. The van der Waals surface area contributed by atoms with Gasteiger partial charge in [0, 0.05) is 24.1 Å². The fourth-order valence-corrected chi connectivity index (χ4v) is 2.05. The summed E-state index contributed by atoms with van der Waals surface area (Å²) < 4.78 is 11.2. The zero-order valence-corrected chi connectivity index (χ0v) is 11.7. The molecule has 2 N–H and O–H groups in total. The van der Waals surface area contributed by atoms with Gasteiger partial charge in [-0.15, -0.1) is 0 Å². The number of rotatable bonds is 5. The summed E-state index contributed by atoms with van der Waals surface area (Å²) in [6.07, 6.45) is 0.0555. The highest BCUT2D eigenvalue weighted by Crippen LogP contribution is 2.33. The quantitative estimate of drug-likeness (QED) is 0.896. The lowest BCUT2D eigenvalue weighted by Crippen LogP contribution is -2.17. The van der Waals surface area contributed by atoms with Crippen LogP contribution < -0.4 is 10.5 Å². The van der Waals surface area contributed by atoms with Gasteiger partial charge in [0.2, 0.25) is 0 Å². The monoisotopic (exact) mass is 259 g/mol. The van der Waals surface area contributed by atoms with Crippen molar-refractivity contribution in [2.75, 3.05) is 13.7 Å². The SMILES string of the molecule is COC(C)COc1c(C(C)N)ccc2ccccc12. The Morgan fingerprint density at radius 1 is 1.11 bits per heavy atom. The van der Waals surface area contributed by atoms with Crippen LogP contribution in [0.3, 0.4) is 0 Å². The first kappa shape index (κ1) is 13.8. The van der Waals surface area contributed by atoms with E-state index >= 15 is 0 Å². The number of hydrogen-bond acceptors (Lipinski definition) is 3. The Kier molecular flexibility index (Phi) is 4.40. The lowest BCUT2D eigenvalue weighted by Gasteiger charge is -2.18. The summed E-state index contributed by atoms with van der Waals surface area (Å²) in [5.74, 6) is 0.872. The first-order valence-corrected chi connectivity index (χ1v) is 6.56. The standard InChI is InChI=1S/C16H21NO2/c1-11(18-3)10-19-16-14(12(2)17)9-8-13-6-4-5-7-15(13)16/h4-9,11-12H,10,17H2,1-3H3. The smallest absolute Gasteiger partial charge is 0.132 e. The van der Waals surface area contributed by atoms with Crippen molar-refractivity contribution in [3.05, 3.63) is 42.0 Å². The molecule has 0 aliphatic carbocycles. The molecule has 0 amide bonds. The molecule has 2 aromatic carbocycles. The molecule has 0 bridgehead atoms. The Morgan fingerprint density at radius 3 is 2.53 bits per heavy atom. The molecular formula is C16H21NO2. The Balaban J connectivity index is 2.43. The third-order valence-corrected chi connectivity index (χ3v) is 3.27. The van der Waals surface area contributed by atoms with E-state index in [0.29, 0.717) is 6.61 Å². The van der Waals surface area contributed by atoms with Gasteiger partial charge >= 0.3 is 0 Å². The van der Waals surface area contributed by atoms with Crippen molar-refractivity contribution in [2.24, 2.45) is 5.73 Å². The van der Waals surface area contributed by atoms with Crippen LogP contribution in [0.5, 0.6) is 5.75 Å². The number of ether oxygens (including phenoxy) is 2. The predicted molar refractivity (Wildman–Crippen MR) is 78.5 cm³/mol. The maximum Gasteiger partial charge on any atom is 0.132 e. The molecule has 102 valence electrons. The lowest BCUT2D eigenvalue weighted by molar-refractivity contribution is 0.0718. The van der Waals surface area contributed by atoms with E-state index in [-0.39, 0.29) is 12.1 Å². The fraction of sp³-hybridized carbons (Fsp3) is 0.375. The molecule has 0 aliphatic rings. The van der Waals surface area contributed by atoms with Gasteiger partial charge < -0.3 is 15.2 Å². The van der Waals surface area contributed by atoms with Gasteiger partial charge in [-0.3, -0.25) is 0 Å². The summed E-state index contributed by atoms with van der Waals surface area (Å²) in [4.78, 5) is 0. The minimum absolute atomic E-state index is 0.0555. The van der Waals surface area contributed by atoms with Crippen molar-refractivity contribution in [3.63, 3.8) is 0 Å². The van der Waals surface area contributed by atoms with Crippen molar-refractivity contribution in [3.8, 4) is 5.75 Å². The molecule has 0 aromatic heterocycles. The van der Waals surface area contributed by atoms with E-state index in [2.05, 4.69) is 18.2 Å². The molecule has 0 aliphatic heterocycles. The second kappa shape index (κ2) is 6.04. The van der Waals surface area contributed by atoms with Gasteiger partial charge in [0.15, 0.2) is 0 Å². The van der Waals surface area contributed by atoms with Gasteiger partial charge in [0.25, 0.3) is 0 Å². The Labute approximate surface area is 114 Å². The molecule has 0 saturated heterocycles. The molecule has 0 spiro atoms. The van der Waals surface area contributed by atoms with Gasteiger partial charge in [-0.1, -0.05) is 36.4 Å². The minimum Gasteiger partial charge on any atom is -0.490 e. The van der Waals surface area contributed by atoms with Crippen molar-refractivity contribution in [1.29, 1.82) is 0 Å². The van der Waals surface area contributed by atoms with Crippen LogP contribution in [0.25, 0.3) is 10.8 Å². The summed E-state index contributed by atoms with van der Waals surface area (Å²) >= 11 is 0. The van der Waals surface area contributed by atoms with E-state index in [4.69, 9.17) is 15.2 Å². The fourth-order valence-electron chi connectivity index (χ4n) is 2.05. The molecule has 2 unspecified atom stereocenters. The first-order valence-electron chi connectivity index (χ1n) is 6.56. The highest BCUT2D eigenvalue weighted by Gasteiger charge is 2.13. The Morgan fingerprint density at radius 2 is 1.84 bits per heavy atom. The molecule has 2 aromatic rings. The summed E-state index contributed by atoms with van der Waals surface area (Å²) in [6.45, 7) is 4.47. The van der Waals surface area contributed by atoms with Crippen LogP contribution in [0.2, 0.25) is 0 Å². The van der Waals surface area contributed by atoms with Crippen molar-refractivity contribution < 1.29 is 9.47 Å². The average molecular weight is 259 g/mol. The van der Waals surface area contributed by atoms with Gasteiger partial charge in [-0.25, -0.2) is 0 Å². The second-order valence-electron chi connectivity index (χ2n) is 4.85. The summed E-state index contributed by atoms with van der Waals surface area (Å²) in [6, 6.07) is 12.2. The third kappa shape index (κ3) is 3.06. The number of nitrogens with two attached hydrogens (primary N) is 1. The summed E-state index contributed by atoms with van der Waals surface area (Å²) in [7, 11) is 1.68. The molecule has 0 heterocycles. The lowest BCUT2D eigenvalue weighted by atomic mass is 10.0. The Bertz CT molecular complexity index is 551. The predicted octanol–water partition coefficient (Wildman–Crippen LogP) is 3.27. The van der Waals surface area contributed by atoms with Crippen LogP contribution in [-0.2, 0) is 4.74 Å². The molecule has 2 rings (SSSR count). The molecule has 3 heteroatoms. The number of benzene rings is 2. The molecular weight excluding hydrogens is 238 g/mol. The summed E-state index contributed by atoms with van der Waals surface area (Å²) in [5.41, 5.74) is 7.06. The topological polar surface area (TPSA) is 44.5 Å². The largest absolute Gasteiger partial charge is 0.490 e. The van der Waals surface area contributed by atoms with E-state index in [0.717, 1.165) is 22.1 Å². The van der Waals surface area contributed by atoms with Crippen LogP contribution in [0, 0.1) is 0 Å².